The number of anilines is 2. The van der Waals surface area contributed by atoms with E-state index in [1.165, 1.54) is 4.70 Å². The number of fused-ring (bicyclic) bond motifs is 2. The van der Waals surface area contributed by atoms with Crippen LogP contribution >= 0.6 is 11.3 Å². The predicted octanol–water partition coefficient (Wildman–Crippen LogP) is 5.49. The molecule has 0 saturated heterocycles. The first-order valence-electron chi connectivity index (χ1n) is 10.0. The lowest BCUT2D eigenvalue weighted by molar-refractivity contribution is 0.483. The molecule has 2 aromatic heterocycles. The van der Waals surface area contributed by atoms with Crippen LogP contribution in [0.5, 0.6) is 11.5 Å². The van der Waals surface area contributed by atoms with Gasteiger partial charge in [0, 0.05) is 31.4 Å². The van der Waals surface area contributed by atoms with Gasteiger partial charge < -0.3 is 15.0 Å². The Kier molecular flexibility index (Phi) is 4.75. The van der Waals surface area contributed by atoms with Gasteiger partial charge >= 0.3 is 0 Å². The topological polar surface area (TPSA) is 63.2 Å². The molecule has 1 N–H and O–H groups in total. The average molecular weight is 418 g/mol. The number of ether oxygens (including phenoxy) is 1. The van der Waals surface area contributed by atoms with Crippen molar-refractivity contribution in [3.63, 3.8) is 0 Å². The van der Waals surface area contributed by atoms with Crippen molar-refractivity contribution < 1.29 is 4.74 Å². The maximum atomic E-state index is 6.26. The van der Waals surface area contributed by atoms with Crippen molar-refractivity contribution in [2.75, 3.05) is 23.8 Å². The minimum Gasteiger partial charge on any atom is -0.455 e. The summed E-state index contributed by atoms with van der Waals surface area (Å²) in [6, 6.07) is 14.2. The SMILES string of the molecule is Cc1ncc2c(n1)N(C)CCC2Nc1ccccc1Oc1ccc2sc(C)nc2c1. The summed E-state index contributed by atoms with van der Waals surface area (Å²) in [4.78, 5) is 15.8. The third-order valence-electron chi connectivity index (χ3n) is 5.32. The summed E-state index contributed by atoms with van der Waals surface area (Å²) < 4.78 is 7.43. The van der Waals surface area contributed by atoms with Crippen molar-refractivity contribution in [2.24, 2.45) is 0 Å². The lowest BCUT2D eigenvalue weighted by Crippen LogP contribution is -2.31. The maximum Gasteiger partial charge on any atom is 0.150 e. The zero-order valence-corrected chi connectivity index (χ0v) is 18.0. The smallest absolute Gasteiger partial charge is 0.150 e. The van der Waals surface area contributed by atoms with Gasteiger partial charge in [-0.3, -0.25) is 0 Å². The van der Waals surface area contributed by atoms with E-state index in [1.54, 1.807) is 11.3 Å². The highest BCUT2D eigenvalue weighted by atomic mass is 32.1. The average Bonchev–Trinajstić information content (AvgIpc) is 3.11. The fraction of sp³-hybridized carbons (Fsp3) is 0.261. The summed E-state index contributed by atoms with van der Waals surface area (Å²) in [6.07, 6.45) is 2.90. The Balaban J connectivity index is 1.43. The highest BCUT2D eigenvalue weighted by Crippen LogP contribution is 2.37. The summed E-state index contributed by atoms with van der Waals surface area (Å²) in [6.45, 7) is 4.88. The summed E-state index contributed by atoms with van der Waals surface area (Å²) in [5, 5.41) is 4.72. The molecular weight excluding hydrogens is 394 g/mol. The van der Waals surface area contributed by atoms with E-state index in [-0.39, 0.29) is 6.04 Å². The number of rotatable bonds is 4. The van der Waals surface area contributed by atoms with Gasteiger partial charge in [0.1, 0.15) is 17.4 Å². The molecule has 0 spiro atoms. The van der Waals surface area contributed by atoms with Gasteiger partial charge in [0.15, 0.2) is 5.75 Å². The van der Waals surface area contributed by atoms with Crippen molar-refractivity contribution in [1.29, 1.82) is 0 Å². The molecule has 1 atom stereocenters. The first-order valence-corrected chi connectivity index (χ1v) is 10.8. The van der Waals surface area contributed by atoms with Gasteiger partial charge in [-0.05, 0) is 44.5 Å². The number of thiazole rings is 1. The molecular formula is C23H23N5OS. The quantitative estimate of drug-likeness (QED) is 0.474. The summed E-state index contributed by atoms with van der Waals surface area (Å²) in [7, 11) is 2.08. The second-order valence-electron chi connectivity index (χ2n) is 7.56. The van der Waals surface area contributed by atoms with Crippen LogP contribution in [-0.2, 0) is 0 Å². The summed E-state index contributed by atoms with van der Waals surface area (Å²) in [5.74, 6) is 3.36. The first-order chi connectivity index (χ1) is 14.6. The van der Waals surface area contributed by atoms with Crippen molar-refractivity contribution in [1.82, 2.24) is 15.0 Å². The number of hydrogen-bond donors (Lipinski definition) is 1. The van der Waals surface area contributed by atoms with E-state index in [4.69, 9.17) is 4.74 Å². The number of benzene rings is 2. The molecule has 1 unspecified atom stereocenters. The molecule has 4 aromatic rings. The second-order valence-corrected chi connectivity index (χ2v) is 8.80. The van der Waals surface area contributed by atoms with Crippen LogP contribution in [0.1, 0.15) is 28.9 Å². The lowest BCUT2D eigenvalue weighted by Gasteiger charge is -2.33. The van der Waals surface area contributed by atoms with Gasteiger partial charge in [-0.2, -0.15) is 0 Å². The molecule has 152 valence electrons. The molecule has 30 heavy (non-hydrogen) atoms. The Morgan fingerprint density at radius 2 is 2.00 bits per heavy atom. The fourth-order valence-electron chi connectivity index (χ4n) is 3.83. The molecule has 0 bridgehead atoms. The molecule has 1 aliphatic rings. The number of aromatic nitrogens is 3. The van der Waals surface area contributed by atoms with Gasteiger partial charge in [0.2, 0.25) is 0 Å². The van der Waals surface area contributed by atoms with Crippen LogP contribution in [0, 0.1) is 13.8 Å². The second kappa shape index (κ2) is 7.57. The van der Waals surface area contributed by atoms with E-state index in [0.29, 0.717) is 0 Å². The Labute approximate surface area is 179 Å². The van der Waals surface area contributed by atoms with Gasteiger partial charge in [-0.1, -0.05) is 12.1 Å². The molecule has 1 aliphatic heterocycles. The van der Waals surface area contributed by atoms with E-state index in [9.17, 15) is 0 Å². The van der Waals surface area contributed by atoms with Gasteiger partial charge in [-0.25, -0.2) is 15.0 Å². The number of hydrogen-bond acceptors (Lipinski definition) is 7. The third kappa shape index (κ3) is 3.57. The van der Waals surface area contributed by atoms with Gasteiger partial charge in [0.25, 0.3) is 0 Å². The van der Waals surface area contributed by atoms with Crippen molar-refractivity contribution in [3.05, 3.63) is 65.1 Å². The number of para-hydroxylation sites is 2. The Hall–Kier alpha value is -3.19. The van der Waals surface area contributed by atoms with E-state index in [1.807, 2.05) is 56.4 Å². The van der Waals surface area contributed by atoms with Gasteiger partial charge in [-0.15, -0.1) is 11.3 Å². The molecule has 7 heteroatoms. The highest BCUT2D eigenvalue weighted by Gasteiger charge is 2.25. The number of nitrogens with zero attached hydrogens (tertiary/aromatic N) is 4. The molecule has 3 heterocycles. The molecule has 6 nitrogen and oxygen atoms in total. The minimum atomic E-state index is 0.130. The van der Waals surface area contributed by atoms with E-state index in [0.717, 1.165) is 57.9 Å². The zero-order valence-electron chi connectivity index (χ0n) is 17.2. The molecule has 0 saturated carbocycles. The summed E-state index contributed by atoms with van der Waals surface area (Å²) >= 11 is 1.69. The van der Waals surface area contributed by atoms with E-state index >= 15 is 0 Å². The fourth-order valence-corrected chi connectivity index (χ4v) is 4.64. The van der Waals surface area contributed by atoms with Crippen molar-refractivity contribution >= 4 is 33.1 Å². The number of nitrogens with one attached hydrogen (secondary N) is 1. The highest BCUT2D eigenvalue weighted by molar-refractivity contribution is 7.18. The molecule has 0 aliphatic carbocycles. The Morgan fingerprint density at radius 1 is 1.13 bits per heavy atom. The third-order valence-corrected chi connectivity index (χ3v) is 6.27. The Morgan fingerprint density at radius 3 is 2.90 bits per heavy atom. The first kappa shape index (κ1) is 18.8. The van der Waals surface area contributed by atoms with Gasteiger partial charge in [0.05, 0.1) is 27.0 Å². The van der Waals surface area contributed by atoms with Crippen LogP contribution < -0.4 is 15.0 Å². The van der Waals surface area contributed by atoms with Crippen LogP contribution in [0.4, 0.5) is 11.5 Å². The summed E-state index contributed by atoms with van der Waals surface area (Å²) in [5.41, 5.74) is 3.04. The van der Waals surface area contributed by atoms with Crippen molar-refractivity contribution in [3.8, 4) is 11.5 Å². The molecule has 0 fully saturated rings. The van der Waals surface area contributed by atoms with Crippen LogP contribution in [-0.4, -0.2) is 28.5 Å². The standard InChI is InChI=1S/C23H23N5OS/c1-14-24-13-17-18(10-11-28(3)23(17)25-14)27-19-6-4-5-7-21(19)29-16-8-9-22-20(12-16)26-15(2)30-22/h4-9,12-13,18,27H,10-11H2,1-3H3. The lowest BCUT2D eigenvalue weighted by atomic mass is 10.0. The zero-order chi connectivity index (χ0) is 20.7. The Bertz CT molecular complexity index is 1220. The molecule has 0 amide bonds. The maximum absolute atomic E-state index is 6.26. The molecule has 5 rings (SSSR count). The monoisotopic (exact) mass is 417 g/mol. The normalized spacial score (nSPS) is 15.8. The molecule has 0 radical (unpaired) electrons. The molecule has 2 aromatic carbocycles. The predicted molar refractivity (Wildman–Crippen MR) is 122 cm³/mol. The van der Waals surface area contributed by atoms with Crippen LogP contribution in [0.25, 0.3) is 10.2 Å². The van der Waals surface area contributed by atoms with Crippen LogP contribution in [0.2, 0.25) is 0 Å². The number of aryl methyl sites for hydroxylation is 2. The van der Waals surface area contributed by atoms with E-state index in [2.05, 4.69) is 38.3 Å². The van der Waals surface area contributed by atoms with Crippen LogP contribution in [0.15, 0.2) is 48.7 Å². The minimum absolute atomic E-state index is 0.130. The largest absolute Gasteiger partial charge is 0.455 e. The van der Waals surface area contributed by atoms with E-state index < -0.39 is 0 Å². The van der Waals surface area contributed by atoms with Crippen LogP contribution in [0.3, 0.4) is 0 Å². The van der Waals surface area contributed by atoms with Crippen molar-refractivity contribution in [2.45, 2.75) is 26.3 Å².